The zero-order valence-electron chi connectivity index (χ0n) is 11.8. The van der Waals surface area contributed by atoms with Gasteiger partial charge in [0.25, 0.3) is 0 Å². The van der Waals surface area contributed by atoms with E-state index >= 15 is 0 Å². The first kappa shape index (κ1) is 17.2. The van der Waals surface area contributed by atoms with E-state index in [9.17, 15) is 0 Å². The Balaban J connectivity index is 0.000000512. The van der Waals surface area contributed by atoms with Crippen molar-refractivity contribution in [2.45, 2.75) is 47.0 Å². The Kier molecular flexibility index (Phi) is 6.69. The minimum Gasteiger partial charge on any atom is -0.370 e. The van der Waals surface area contributed by atoms with Crippen LogP contribution in [-0.4, -0.2) is 19.9 Å². The summed E-state index contributed by atoms with van der Waals surface area (Å²) < 4.78 is 0. The van der Waals surface area contributed by atoms with Gasteiger partial charge in [0.2, 0.25) is 0 Å². The van der Waals surface area contributed by atoms with Crippen molar-refractivity contribution < 1.29 is 21.1 Å². The quantitative estimate of drug-likeness (QED) is 0.672. The summed E-state index contributed by atoms with van der Waals surface area (Å²) in [5.41, 5.74) is 1.39. The minimum absolute atomic E-state index is 0. The summed E-state index contributed by atoms with van der Waals surface area (Å²) in [6.07, 6.45) is 4.47. The molecule has 5 heteroatoms. The molecule has 2 rings (SSSR count). The monoisotopic (exact) mass is 416 g/mol. The number of nitrogens with zero attached hydrogens (tertiary/aromatic N) is 3. The van der Waals surface area contributed by atoms with E-state index in [2.05, 4.69) is 67.7 Å². The number of aromatic amines is 1. The molecule has 0 aliphatic carbocycles. The molecule has 0 fully saturated rings. The van der Waals surface area contributed by atoms with Crippen LogP contribution in [0.2, 0.25) is 0 Å². The number of fused-ring (bicyclic) bond motifs is 1. The van der Waals surface area contributed by atoms with E-state index in [0.717, 1.165) is 11.3 Å². The third-order valence-electron chi connectivity index (χ3n) is 1.78. The first-order valence-corrected chi connectivity index (χ1v) is 5.66. The van der Waals surface area contributed by atoms with Gasteiger partial charge in [-0.15, -0.1) is 0 Å². The topological polar surface area (TPSA) is 54.5 Å². The average molecular weight is 416 g/mol. The molecule has 0 atom stereocenters. The molecule has 2 aromatic rings. The molecule has 2 aromatic heterocycles. The summed E-state index contributed by atoms with van der Waals surface area (Å²) in [5.74, 6) is 2.19. The van der Waals surface area contributed by atoms with Crippen LogP contribution in [0.25, 0.3) is 11.2 Å². The normalized spacial score (nSPS) is 10.8. The molecule has 0 aliphatic rings. The summed E-state index contributed by atoms with van der Waals surface area (Å²) in [6, 6.07) is 0. The molecular weight excluding hydrogens is 396 g/mol. The van der Waals surface area contributed by atoms with E-state index < -0.39 is 0 Å². The van der Waals surface area contributed by atoms with Crippen LogP contribution < -0.4 is 0 Å². The first-order valence-electron chi connectivity index (χ1n) is 5.66. The molecule has 0 saturated heterocycles. The summed E-state index contributed by atoms with van der Waals surface area (Å²) in [7, 11) is 0. The van der Waals surface area contributed by atoms with Gasteiger partial charge in [-0.1, -0.05) is 27.0 Å². The fourth-order valence-corrected chi connectivity index (χ4v) is 1.02. The average Bonchev–Trinajstić information content (AvgIpc) is 2.61. The summed E-state index contributed by atoms with van der Waals surface area (Å²) in [5, 5.41) is 0. The van der Waals surface area contributed by atoms with Crippen molar-refractivity contribution in [1.29, 1.82) is 0 Å². The SMILES string of the molecule is CC(C)(C)c1n[c-]c2[nH]cnc2n1.C[C-](C)C.[W+2]. The first-order chi connectivity index (χ1) is 7.80. The number of hydrogen-bond donors (Lipinski definition) is 1. The summed E-state index contributed by atoms with van der Waals surface area (Å²) in [6.45, 7) is 12.4. The fraction of sp³-hybridized carbons (Fsp3) is 0.538. The second-order valence-electron chi connectivity index (χ2n) is 5.51. The van der Waals surface area contributed by atoms with Crippen LogP contribution in [-0.2, 0) is 26.5 Å². The zero-order valence-corrected chi connectivity index (χ0v) is 14.8. The van der Waals surface area contributed by atoms with Crippen molar-refractivity contribution in [1.82, 2.24) is 19.9 Å². The standard InChI is InChI=1S/C9H11N4.C4H9.W/c1-9(2,3)8-10-4-6-7(13-8)12-5-11-6;1-4(2)3;/h5H,1-3H3,(H,10,11,12,13);1-3H3;/q2*-1;+2. The van der Waals surface area contributed by atoms with Gasteiger partial charge in [0.15, 0.2) is 0 Å². The van der Waals surface area contributed by atoms with Crippen molar-refractivity contribution in [3.63, 3.8) is 0 Å². The molecular formula is C13H20N4W. The van der Waals surface area contributed by atoms with Crippen LogP contribution >= 0.6 is 0 Å². The largest absolute Gasteiger partial charge is 2.00 e. The van der Waals surface area contributed by atoms with Crippen molar-refractivity contribution in [3.8, 4) is 0 Å². The number of rotatable bonds is 0. The Labute approximate surface area is 123 Å². The molecule has 4 nitrogen and oxygen atoms in total. The minimum atomic E-state index is -0.0519. The van der Waals surface area contributed by atoms with Crippen LogP contribution in [0, 0.1) is 12.1 Å². The van der Waals surface area contributed by atoms with Crippen molar-refractivity contribution in [2.75, 3.05) is 0 Å². The Hall–Kier alpha value is -0.762. The Morgan fingerprint density at radius 2 is 1.78 bits per heavy atom. The van der Waals surface area contributed by atoms with E-state index in [4.69, 9.17) is 0 Å². The van der Waals surface area contributed by atoms with Crippen LogP contribution in [0.1, 0.15) is 47.4 Å². The second kappa shape index (κ2) is 6.98. The predicted octanol–water partition coefficient (Wildman–Crippen LogP) is 3.07. The Bertz CT molecular complexity index is 468. The van der Waals surface area contributed by atoms with Crippen molar-refractivity contribution in [3.05, 3.63) is 24.3 Å². The van der Waals surface area contributed by atoms with Gasteiger partial charge < -0.3 is 20.9 Å². The molecule has 0 saturated carbocycles. The molecule has 18 heavy (non-hydrogen) atoms. The third-order valence-corrected chi connectivity index (χ3v) is 1.78. The van der Waals surface area contributed by atoms with Gasteiger partial charge in [0.1, 0.15) is 0 Å². The van der Waals surface area contributed by atoms with Crippen LogP contribution in [0.15, 0.2) is 6.33 Å². The van der Waals surface area contributed by atoms with Gasteiger partial charge in [-0.05, 0) is 10.9 Å². The van der Waals surface area contributed by atoms with Crippen LogP contribution in [0.4, 0.5) is 0 Å². The van der Waals surface area contributed by atoms with Gasteiger partial charge in [0.05, 0.1) is 12.0 Å². The number of H-pyrrole nitrogens is 1. The Morgan fingerprint density at radius 1 is 1.22 bits per heavy atom. The molecule has 0 aliphatic heterocycles. The predicted molar refractivity (Wildman–Crippen MR) is 69.5 cm³/mol. The molecule has 0 unspecified atom stereocenters. The molecule has 1 N–H and O–H groups in total. The summed E-state index contributed by atoms with van der Waals surface area (Å²) >= 11 is 0. The molecule has 0 bridgehead atoms. The van der Waals surface area contributed by atoms with Crippen molar-refractivity contribution >= 4 is 11.2 Å². The van der Waals surface area contributed by atoms with Gasteiger partial charge in [-0.25, -0.2) is 0 Å². The molecule has 0 spiro atoms. The van der Waals surface area contributed by atoms with Crippen LogP contribution in [0.5, 0.6) is 0 Å². The number of hydrogen-bond acceptors (Lipinski definition) is 3. The molecule has 0 amide bonds. The maximum absolute atomic E-state index is 4.32. The van der Waals surface area contributed by atoms with E-state index in [1.54, 1.807) is 6.33 Å². The second-order valence-corrected chi connectivity index (χ2v) is 5.51. The number of imidazole rings is 1. The number of aromatic nitrogens is 4. The van der Waals surface area contributed by atoms with Gasteiger partial charge in [0, 0.05) is 5.82 Å². The van der Waals surface area contributed by atoms with Gasteiger partial charge in [-0.2, -0.15) is 20.8 Å². The molecule has 2 heterocycles. The van der Waals surface area contributed by atoms with E-state index in [-0.39, 0.29) is 26.5 Å². The van der Waals surface area contributed by atoms with Crippen molar-refractivity contribution in [2.24, 2.45) is 0 Å². The van der Waals surface area contributed by atoms with Crippen LogP contribution in [0.3, 0.4) is 0 Å². The summed E-state index contributed by atoms with van der Waals surface area (Å²) in [4.78, 5) is 15.4. The van der Waals surface area contributed by atoms with Gasteiger partial charge >= 0.3 is 21.1 Å². The Morgan fingerprint density at radius 3 is 2.28 bits per heavy atom. The zero-order chi connectivity index (χ0) is 13.1. The molecule has 0 radical (unpaired) electrons. The van der Waals surface area contributed by atoms with E-state index in [1.807, 2.05) is 0 Å². The van der Waals surface area contributed by atoms with Gasteiger partial charge in [-0.3, -0.25) is 4.98 Å². The number of nitrogens with one attached hydrogen (secondary N) is 1. The smallest absolute Gasteiger partial charge is 0.370 e. The third kappa shape index (κ3) is 5.26. The fourth-order valence-electron chi connectivity index (χ4n) is 1.02. The maximum atomic E-state index is 4.32. The van der Waals surface area contributed by atoms with E-state index in [1.165, 1.54) is 5.92 Å². The molecule has 98 valence electrons. The van der Waals surface area contributed by atoms with E-state index in [0.29, 0.717) is 5.65 Å². The maximum Gasteiger partial charge on any atom is 2.00 e. The molecule has 0 aromatic carbocycles.